The summed E-state index contributed by atoms with van der Waals surface area (Å²) in [6.07, 6.45) is 3.26. The molecule has 2 aliphatic rings. The molecule has 0 atom stereocenters. The van der Waals surface area contributed by atoms with E-state index in [2.05, 4.69) is 15.3 Å². The standard InChI is InChI=1S/C31H38ClN5O5S/c1-30(2,3)41-28(39)34-36(18-38)17-22-14-25-27(43-22)23(9-10-33-25)24-13-20(32)12-19-8-7-11-37(26(19)24)21-15-35(16-21)29(40)42-31(4,5)6/h9-10,12-14,18,21H,7-8,11,15-17H2,1-6H3,(H,34,39). The van der Waals surface area contributed by atoms with Gasteiger partial charge in [-0.3, -0.25) is 9.78 Å². The van der Waals surface area contributed by atoms with Gasteiger partial charge in [0.2, 0.25) is 6.41 Å². The molecule has 5 rings (SSSR count). The number of thiophene rings is 1. The predicted molar refractivity (Wildman–Crippen MR) is 168 cm³/mol. The molecule has 12 heteroatoms. The second-order valence-corrected chi connectivity index (χ2v) is 14.5. The number of aryl methyl sites for hydroxylation is 1. The Morgan fingerprint density at radius 3 is 2.51 bits per heavy atom. The van der Waals surface area contributed by atoms with Crippen LogP contribution in [0.2, 0.25) is 5.02 Å². The van der Waals surface area contributed by atoms with Gasteiger partial charge in [-0.05, 0) is 84.2 Å². The topological polar surface area (TPSA) is 104 Å². The molecule has 3 amide bonds. The van der Waals surface area contributed by atoms with Crippen LogP contribution in [0.3, 0.4) is 0 Å². The Labute approximate surface area is 260 Å². The van der Waals surface area contributed by atoms with Crippen molar-refractivity contribution in [3.8, 4) is 11.1 Å². The van der Waals surface area contributed by atoms with Crippen LogP contribution >= 0.6 is 22.9 Å². The van der Waals surface area contributed by atoms with Gasteiger partial charge in [0.05, 0.1) is 22.8 Å². The Morgan fingerprint density at radius 1 is 1.12 bits per heavy atom. The maximum Gasteiger partial charge on any atom is 0.426 e. The third kappa shape index (κ3) is 7.15. The molecular formula is C31H38ClN5O5S. The fourth-order valence-corrected chi connectivity index (χ4v) is 6.78. The van der Waals surface area contributed by atoms with E-state index >= 15 is 0 Å². The van der Waals surface area contributed by atoms with Crippen molar-refractivity contribution in [3.05, 3.63) is 45.9 Å². The van der Waals surface area contributed by atoms with Gasteiger partial charge in [0.25, 0.3) is 0 Å². The van der Waals surface area contributed by atoms with E-state index in [9.17, 15) is 14.4 Å². The van der Waals surface area contributed by atoms with Crippen LogP contribution in [0.4, 0.5) is 15.3 Å². The second kappa shape index (κ2) is 11.8. The summed E-state index contributed by atoms with van der Waals surface area (Å²) in [5.41, 5.74) is 6.38. The molecule has 4 heterocycles. The predicted octanol–water partition coefficient (Wildman–Crippen LogP) is 6.39. The summed E-state index contributed by atoms with van der Waals surface area (Å²) in [4.78, 5) is 46.2. The lowest BCUT2D eigenvalue weighted by molar-refractivity contribution is -0.121. The molecule has 1 fully saturated rings. The Balaban J connectivity index is 1.43. The zero-order valence-corrected chi connectivity index (χ0v) is 27.0. The van der Waals surface area contributed by atoms with Crippen LogP contribution in [0, 0.1) is 0 Å². The number of nitrogens with one attached hydrogen (secondary N) is 1. The molecule has 1 aromatic carbocycles. The van der Waals surface area contributed by atoms with Crippen molar-refractivity contribution in [1.82, 2.24) is 20.3 Å². The molecule has 230 valence electrons. The fourth-order valence-electron chi connectivity index (χ4n) is 5.40. The Bertz CT molecular complexity index is 1540. The molecule has 0 aliphatic carbocycles. The summed E-state index contributed by atoms with van der Waals surface area (Å²) in [6.45, 7) is 13.1. The highest BCUT2D eigenvalue weighted by Crippen LogP contribution is 2.45. The summed E-state index contributed by atoms with van der Waals surface area (Å²) < 4.78 is 11.8. The van der Waals surface area contributed by atoms with Crippen molar-refractivity contribution < 1.29 is 23.9 Å². The van der Waals surface area contributed by atoms with Crippen molar-refractivity contribution >= 4 is 57.4 Å². The van der Waals surface area contributed by atoms with Gasteiger partial charge >= 0.3 is 12.2 Å². The number of carbonyl (C=O) groups excluding carboxylic acids is 3. The quantitative estimate of drug-likeness (QED) is 0.250. The van der Waals surface area contributed by atoms with Crippen molar-refractivity contribution in [2.45, 2.75) is 78.2 Å². The average Bonchev–Trinajstić information content (AvgIpc) is 3.27. The summed E-state index contributed by atoms with van der Waals surface area (Å²) in [6, 6.07) is 8.13. The monoisotopic (exact) mass is 627 g/mol. The lowest BCUT2D eigenvalue weighted by Gasteiger charge is -2.48. The number of pyridine rings is 1. The number of benzene rings is 1. The van der Waals surface area contributed by atoms with Crippen LogP contribution in [-0.2, 0) is 27.2 Å². The van der Waals surface area contributed by atoms with E-state index in [1.807, 2.05) is 45.0 Å². The van der Waals surface area contributed by atoms with E-state index in [4.69, 9.17) is 21.1 Å². The molecule has 0 unspecified atom stereocenters. The normalized spacial score (nSPS) is 15.5. The van der Waals surface area contributed by atoms with E-state index in [0.29, 0.717) is 24.5 Å². The fraction of sp³-hybridized carbons (Fsp3) is 0.484. The van der Waals surface area contributed by atoms with E-state index in [0.717, 1.165) is 56.3 Å². The van der Waals surface area contributed by atoms with Crippen molar-refractivity contribution in [3.63, 3.8) is 0 Å². The number of likely N-dealkylation sites (tertiary alicyclic amines) is 1. The minimum Gasteiger partial charge on any atom is -0.444 e. The van der Waals surface area contributed by atoms with Gasteiger partial charge < -0.3 is 19.3 Å². The van der Waals surface area contributed by atoms with Crippen LogP contribution in [-0.4, -0.2) is 70.4 Å². The lowest BCUT2D eigenvalue weighted by atomic mass is 9.91. The van der Waals surface area contributed by atoms with E-state index < -0.39 is 17.3 Å². The minimum atomic E-state index is -0.702. The van der Waals surface area contributed by atoms with E-state index in [1.54, 1.807) is 31.9 Å². The SMILES string of the molecule is CC(C)(C)OC(=O)NN(C=O)Cc1cc2nccc(-c3cc(Cl)cc4c3N(C3CN(C(=O)OC(C)(C)C)C3)CCC4)c2s1. The smallest absolute Gasteiger partial charge is 0.426 e. The number of carbonyl (C=O) groups is 3. The van der Waals surface area contributed by atoms with Crippen LogP contribution in [0.15, 0.2) is 30.5 Å². The zero-order chi connectivity index (χ0) is 31.1. The van der Waals surface area contributed by atoms with Gasteiger partial charge in [-0.25, -0.2) is 20.0 Å². The molecule has 10 nitrogen and oxygen atoms in total. The first kappa shape index (κ1) is 30.9. The van der Waals surface area contributed by atoms with Crippen LogP contribution < -0.4 is 10.3 Å². The highest BCUT2D eigenvalue weighted by molar-refractivity contribution is 7.19. The molecule has 1 N–H and O–H groups in total. The largest absolute Gasteiger partial charge is 0.444 e. The van der Waals surface area contributed by atoms with Crippen LogP contribution in [0.1, 0.15) is 58.4 Å². The first-order valence-electron chi connectivity index (χ1n) is 14.4. The molecule has 2 aliphatic heterocycles. The maximum atomic E-state index is 12.6. The third-order valence-corrected chi connectivity index (χ3v) is 8.44. The van der Waals surface area contributed by atoms with Gasteiger partial charge in [0.15, 0.2) is 0 Å². The Kier molecular flexibility index (Phi) is 8.50. The van der Waals surface area contributed by atoms with Crippen molar-refractivity contribution in [2.75, 3.05) is 24.5 Å². The number of aromatic nitrogens is 1. The number of hydrogen-bond acceptors (Lipinski definition) is 8. The molecule has 1 saturated heterocycles. The first-order chi connectivity index (χ1) is 20.2. The van der Waals surface area contributed by atoms with E-state index in [-0.39, 0.29) is 18.7 Å². The first-order valence-corrected chi connectivity index (χ1v) is 15.6. The maximum absolute atomic E-state index is 12.6. The minimum absolute atomic E-state index is 0.158. The Morgan fingerprint density at radius 2 is 1.84 bits per heavy atom. The van der Waals surface area contributed by atoms with Crippen molar-refractivity contribution in [1.29, 1.82) is 0 Å². The van der Waals surface area contributed by atoms with Crippen LogP contribution in [0.25, 0.3) is 21.3 Å². The second-order valence-electron chi connectivity index (χ2n) is 12.9. The van der Waals surface area contributed by atoms with Gasteiger partial charge in [0.1, 0.15) is 11.2 Å². The number of amides is 3. The summed E-state index contributed by atoms with van der Waals surface area (Å²) in [5, 5.41) is 1.82. The third-order valence-electron chi connectivity index (χ3n) is 7.08. The van der Waals surface area contributed by atoms with E-state index in [1.165, 1.54) is 16.9 Å². The summed E-state index contributed by atoms with van der Waals surface area (Å²) in [5.74, 6) is 0. The van der Waals surface area contributed by atoms with Gasteiger partial charge in [-0.15, -0.1) is 11.3 Å². The highest BCUT2D eigenvalue weighted by atomic mass is 35.5. The molecule has 0 spiro atoms. The number of halogens is 1. The van der Waals surface area contributed by atoms with Gasteiger partial charge in [0, 0.05) is 52.5 Å². The van der Waals surface area contributed by atoms with Gasteiger partial charge in [-0.1, -0.05) is 11.6 Å². The molecule has 0 bridgehead atoms. The number of hydrazine groups is 1. The van der Waals surface area contributed by atoms with Gasteiger partial charge in [-0.2, -0.15) is 0 Å². The highest BCUT2D eigenvalue weighted by Gasteiger charge is 2.39. The number of fused-ring (bicyclic) bond motifs is 2. The molecule has 2 aromatic heterocycles. The summed E-state index contributed by atoms with van der Waals surface area (Å²) >= 11 is 8.19. The lowest BCUT2D eigenvalue weighted by Crippen LogP contribution is -2.62. The molecule has 0 saturated carbocycles. The molecular weight excluding hydrogens is 590 g/mol. The number of hydrogen-bond donors (Lipinski definition) is 1. The number of rotatable bonds is 6. The molecule has 0 radical (unpaired) electrons. The zero-order valence-electron chi connectivity index (χ0n) is 25.4. The average molecular weight is 628 g/mol. The summed E-state index contributed by atoms with van der Waals surface area (Å²) in [7, 11) is 0. The van der Waals surface area contributed by atoms with Crippen LogP contribution in [0.5, 0.6) is 0 Å². The number of ether oxygens (including phenoxy) is 2. The number of anilines is 1. The molecule has 3 aromatic rings. The molecule has 43 heavy (non-hydrogen) atoms. The van der Waals surface area contributed by atoms with Crippen molar-refractivity contribution in [2.24, 2.45) is 0 Å². The number of nitrogens with zero attached hydrogens (tertiary/aromatic N) is 4. The Hall–Kier alpha value is -3.57.